The lowest BCUT2D eigenvalue weighted by molar-refractivity contribution is -0.154. The second-order valence-electron chi connectivity index (χ2n) is 19.1. The second kappa shape index (κ2) is 15.6. The van der Waals surface area contributed by atoms with Crippen LogP contribution in [0, 0.1) is 23.4 Å². The number of pyridine rings is 1. The Hall–Kier alpha value is -5.54. The first kappa shape index (κ1) is 41.2. The Bertz CT molecular complexity index is 2720. The number of anilines is 1. The molecule has 1 amide bonds. The molecular weight excluding hydrogens is 826 g/mol. The summed E-state index contributed by atoms with van der Waals surface area (Å²) < 4.78 is 65.8. The molecule has 1 N–H and O–H groups in total. The Kier molecular flexibility index (Phi) is 10.0. The molecule has 2 aromatic heterocycles. The number of aromatic hydroxyl groups is 1. The summed E-state index contributed by atoms with van der Waals surface area (Å²) in [5.41, 5.74) is 3.08. The molecule has 3 aromatic carbocycles. The minimum atomic E-state index is -1.19. The van der Waals surface area contributed by atoms with Gasteiger partial charge in [0.15, 0.2) is 17.5 Å². The molecule has 5 fully saturated rings. The van der Waals surface area contributed by atoms with Crippen molar-refractivity contribution >= 4 is 39.4 Å². The van der Waals surface area contributed by atoms with E-state index in [9.17, 15) is 19.1 Å². The highest BCUT2D eigenvalue weighted by Crippen LogP contribution is 2.54. The van der Waals surface area contributed by atoms with Crippen molar-refractivity contribution in [3.63, 3.8) is 0 Å². The molecule has 5 aromatic rings. The molecule has 0 radical (unpaired) electrons. The molecule has 4 bridgehead atoms. The van der Waals surface area contributed by atoms with Crippen LogP contribution in [0.15, 0.2) is 48.7 Å². The standard InChI is InChI=1S/C49H51F3N6O6/c1-25(2)47(61)63-26(3)17-40(60)58-29-7-8-30(58)23-56(22-29)46-35-21-53-44(34-20-31(59)18-28-6-10-36(50)42(51)41(28)34)43(52)45(35)54-48(55-46)62-24-49-14-4-16-57(49)37(13-15-49)27-5-9-32-33(19-27)39-12-11-38(32)64-39/h5-6,9-10,18-21,25-26,29-30,37-39,59H,4,7-8,11-17,22-24H2,1-3H3. The zero-order chi connectivity index (χ0) is 44.2. The highest BCUT2D eigenvalue weighted by Gasteiger charge is 2.51. The summed E-state index contributed by atoms with van der Waals surface area (Å²) in [5.74, 6) is -3.85. The first-order valence-electron chi connectivity index (χ1n) is 22.8. The van der Waals surface area contributed by atoms with Crippen LogP contribution in [0.2, 0.25) is 0 Å². The van der Waals surface area contributed by atoms with Crippen LogP contribution in [0.1, 0.15) is 113 Å². The molecule has 7 unspecified atom stereocenters. The van der Waals surface area contributed by atoms with Gasteiger partial charge in [-0.1, -0.05) is 38.1 Å². The third-order valence-corrected chi connectivity index (χ3v) is 14.8. The number of fused-ring (bicyclic) bond motifs is 10. The number of benzene rings is 3. The van der Waals surface area contributed by atoms with Crippen LogP contribution in [-0.2, 0) is 19.1 Å². The van der Waals surface area contributed by atoms with Crippen molar-refractivity contribution in [2.24, 2.45) is 5.92 Å². The molecule has 6 aliphatic rings. The van der Waals surface area contributed by atoms with Crippen LogP contribution in [0.3, 0.4) is 0 Å². The number of aromatic nitrogens is 3. The predicted octanol–water partition coefficient (Wildman–Crippen LogP) is 8.78. The number of rotatable bonds is 10. The smallest absolute Gasteiger partial charge is 0.319 e. The van der Waals surface area contributed by atoms with E-state index in [1.165, 1.54) is 41.1 Å². The number of phenols is 1. The zero-order valence-electron chi connectivity index (χ0n) is 36.2. The van der Waals surface area contributed by atoms with Crippen molar-refractivity contribution in [2.45, 2.75) is 121 Å². The number of carbonyl (C=O) groups excluding carboxylic acids is 2. The summed E-state index contributed by atoms with van der Waals surface area (Å²) in [6, 6.07) is 11.4. The topological polar surface area (TPSA) is 130 Å². The van der Waals surface area contributed by atoms with Gasteiger partial charge in [-0.25, -0.2) is 13.2 Å². The zero-order valence-corrected chi connectivity index (χ0v) is 36.2. The van der Waals surface area contributed by atoms with Crippen LogP contribution in [0.25, 0.3) is 32.9 Å². The number of halogens is 3. The van der Waals surface area contributed by atoms with E-state index >= 15 is 8.78 Å². The van der Waals surface area contributed by atoms with Gasteiger partial charge in [0.25, 0.3) is 0 Å². The normalized spacial score (nSPS) is 26.3. The number of amides is 1. The summed E-state index contributed by atoms with van der Waals surface area (Å²) in [4.78, 5) is 46.6. The average molecular weight is 877 g/mol. The van der Waals surface area contributed by atoms with Crippen molar-refractivity contribution in [3.05, 3.63) is 82.8 Å². The molecule has 334 valence electrons. The average Bonchev–Trinajstić information content (AvgIpc) is 4.11. The number of hydrogen-bond acceptors (Lipinski definition) is 11. The van der Waals surface area contributed by atoms with E-state index < -0.39 is 23.6 Å². The number of ether oxygens (including phenoxy) is 3. The fraction of sp³-hybridized carbons (Fsp3) is 0.490. The van der Waals surface area contributed by atoms with Crippen molar-refractivity contribution < 1.29 is 42.1 Å². The lowest BCUT2D eigenvalue weighted by atomic mass is 9.88. The molecule has 6 aliphatic heterocycles. The molecule has 0 saturated carbocycles. The van der Waals surface area contributed by atoms with E-state index in [4.69, 9.17) is 24.2 Å². The van der Waals surface area contributed by atoms with Crippen LogP contribution in [-0.4, -0.2) is 91.7 Å². The summed E-state index contributed by atoms with van der Waals surface area (Å²) in [5, 5.41) is 10.9. The van der Waals surface area contributed by atoms with Crippen LogP contribution >= 0.6 is 0 Å². The molecule has 15 heteroatoms. The first-order valence-corrected chi connectivity index (χ1v) is 22.8. The van der Waals surface area contributed by atoms with Gasteiger partial charge in [0.2, 0.25) is 5.91 Å². The van der Waals surface area contributed by atoms with Crippen LogP contribution in [0.4, 0.5) is 19.0 Å². The summed E-state index contributed by atoms with van der Waals surface area (Å²) >= 11 is 0. The Morgan fingerprint density at radius 1 is 0.922 bits per heavy atom. The largest absolute Gasteiger partial charge is 0.508 e. The number of phenolic OH excluding ortho intramolecular Hbond substituents is 1. The minimum Gasteiger partial charge on any atom is -0.508 e. The lowest BCUT2D eigenvalue weighted by Gasteiger charge is -2.42. The summed E-state index contributed by atoms with van der Waals surface area (Å²) in [6.07, 6.45) is 8.74. The number of hydrogen-bond donors (Lipinski definition) is 1. The van der Waals surface area contributed by atoms with Crippen molar-refractivity contribution in [1.29, 1.82) is 0 Å². The quantitative estimate of drug-likeness (QED) is 0.135. The Balaban J connectivity index is 0.929. The fourth-order valence-electron chi connectivity index (χ4n) is 11.8. The monoisotopic (exact) mass is 876 g/mol. The number of piperazine rings is 1. The molecule has 5 saturated heterocycles. The van der Waals surface area contributed by atoms with Gasteiger partial charge in [-0.15, -0.1) is 0 Å². The maximum absolute atomic E-state index is 17.3. The van der Waals surface area contributed by atoms with E-state index in [-0.39, 0.29) is 111 Å². The highest BCUT2D eigenvalue weighted by atomic mass is 19.2. The molecule has 11 rings (SSSR count). The molecule has 64 heavy (non-hydrogen) atoms. The number of carbonyl (C=O) groups is 2. The second-order valence-corrected chi connectivity index (χ2v) is 19.1. The van der Waals surface area contributed by atoms with Gasteiger partial charge >= 0.3 is 12.0 Å². The Morgan fingerprint density at radius 3 is 2.48 bits per heavy atom. The first-order chi connectivity index (χ1) is 30.9. The third-order valence-electron chi connectivity index (χ3n) is 14.8. The maximum Gasteiger partial charge on any atom is 0.319 e. The van der Waals surface area contributed by atoms with E-state index in [0.717, 1.165) is 64.0 Å². The number of esters is 1. The van der Waals surface area contributed by atoms with Crippen molar-refractivity contribution in [3.8, 4) is 23.0 Å². The SMILES string of the molecule is CC(CC(=O)N1C2CCC1CN(c1nc(OCC34CCCN3C(c3ccc5c(c3)C3CCC5O3)CC4)nc3c(F)c(-c4cc(O)cc5ccc(F)c(F)c45)ncc13)C2)OC(=O)C(C)C. The van der Waals surface area contributed by atoms with Gasteiger partial charge in [0.1, 0.15) is 35.5 Å². The van der Waals surface area contributed by atoms with E-state index in [1.807, 2.05) is 9.80 Å². The van der Waals surface area contributed by atoms with E-state index in [1.54, 1.807) is 20.8 Å². The van der Waals surface area contributed by atoms with Gasteiger partial charge in [0.05, 0.1) is 35.5 Å². The fourth-order valence-corrected chi connectivity index (χ4v) is 11.8. The van der Waals surface area contributed by atoms with E-state index in [2.05, 4.69) is 28.1 Å². The van der Waals surface area contributed by atoms with Gasteiger partial charge < -0.3 is 29.1 Å². The van der Waals surface area contributed by atoms with Crippen LogP contribution in [0.5, 0.6) is 11.8 Å². The molecule has 8 heterocycles. The molecule has 0 spiro atoms. The van der Waals surface area contributed by atoms with Gasteiger partial charge in [-0.2, -0.15) is 9.97 Å². The van der Waals surface area contributed by atoms with Gasteiger partial charge in [0, 0.05) is 48.4 Å². The molecule has 0 aliphatic carbocycles. The minimum absolute atomic E-state index is 0.0291. The summed E-state index contributed by atoms with van der Waals surface area (Å²) in [7, 11) is 0. The van der Waals surface area contributed by atoms with Crippen LogP contribution < -0.4 is 9.64 Å². The number of nitrogens with zero attached hydrogens (tertiary/aromatic N) is 6. The van der Waals surface area contributed by atoms with Crippen molar-refractivity contribution in [2.75, 3.05) is 31.1 Å². The molecule has 7 atom stereocenters. The van der Waals surface area contributed by atoms with Crippen molar-refractivity contribution in [1.82, 2.24) is 24.8 Å². The molecule has 12 nitrogen and oxygen atoms in total. The predicted molar refractivity (Wildman–Crippen MR) is 231 cm³/mol. The lowest BCUT2D eigenvalue weighted by Crippen LogP contribution is -2.56. The Labute approximate surface area is 368 Å². The highest BCUT2D eigenvalue weighted by molar-refractivity contribution is 6.00. The van der Waals surface area contributed by atoms with E-state index in [0.29, 0.717) is 18.9 Å². The molecular formula is C49H51F3N6O6. The Morgan fingerprint density at radius 2 is 1.70 bits per heavy atom. The van der Waals surface area contributed by atoms with Gasteiger partial charge in [-0.3, -0.25) is 19.5 Å². The maximum atomic E-state index is 17.3. The summed E-state index contributed by atoms with van der Waals surface area (Å²) in [6.45, 7) is 7.22. The third kappa shape index (κ3) is 6.74. The van der Waals surface area contributed by atoms with Gasteiger partial charge in [-0.05, 0) is 105 Å².